The number of amides is 1. The number of fused-ring (bicyclic) bond motifs is 1. The Kier molecular flexibility index (Phi) is 6.72. The largest absolute Gasteiger partial charge is 0.477 e. The Morgan fingerprint density at radius 1 is 1.14 bits per heavy atom. The third-order valence-electron chi connectivity index (χ3n) is 6.16. The van der Waals surface area contributed by atoms with E-state index < -0.39 is 11.9 Å². The number of aromatic nitrogens is 6. The minimum absolute atomic E-state index is 0.0527. The lowest BCUT2D eigenvalue weighted by Crippen LogP contribution is -2.30. The van der Waals surface area contributed by atoms with Gasteiger partial charge in [0.15, 0.2) is 23.0 Å². The maximum absolute atomic E-state index is 13.1. The molecule has 11 heteroatoms. The molecule has 3 N–H and O–H groups in total. The lowest BCUT2D eigenvalue weighted by atomic mass is 10.1. The Labute approximate surface area is 208 Å². The van der Waals surface area contributed by atoms with E-state index in [0.29, 0.717) is 29.7 Å². The number of ether oxygens (including phenoxy) is 1. The van der Waals surface area contributed by atoms with E-state index in [0.717, 1.165) is 25.2 Å². The van der Waals surface area contributed by atoms with Crippen LogP contribution < -0.4 is 15.8 Å². The predicted octanol–water partition coefficient (Wildman–Crippen LogP) is 2.65. The van der Waals surface area contributed by atoms with Crippen LogP contribution in [0, 0.1) is 0 Å². The van der Waals surface area contributed by atoms with Gasteiger partial charge in [-0.25, -0.2) is 9.97 Å². The number of hydrogen-bond acceptors (Lipinski definition) is 9. The van der Waals surface area contributed by atoms with E-state index in [1.807, 2.05) is 19.1 Å². The highest BCUT2D eigenvalue weighted by Crippen LogP contribution is 2.21. The summed E-state index contributed by atoms with van der Waals surface area (Å²) in [6.07, 6.45) is 4.11. The van der Waals surface area contributed by atoms with Gasteiger partial charge in [0.05, 0.1) is 24.5 Å². The molecule has 1 aromatic carbocycles. The number of hydrogen-bond donors (Lipinski definition) is 2. The Bertz CT molecular complexity index is 1360. The number of benzene rings is 1. The van der Waals surface area contributed by atoms with Gasteiger partial charge in [0, 0.05) is 18.2 Å². The molecule has 0 bridgehead atoms. The van der Waals surface area contributed by atoms with E-state index in [1.165, 1.54) is 18.4 Å². The number of carbonyl (C=O) groups is 1. The molecule has 4 aromatic rings. The van der Waals surface area contributed by atoms with Crippen molar-refractivity contribution < 1.29 is 9.53 Å². The second-order valence-corrected chi connectivity index (χ2v) is 8.80. The van der Waals surface area contributed by atoms with Gasteiger partial charge in [-0.05, 0) is 51.4 Å². The number of nitrogens with one attached hydrogen (secondary N) is 1. The van der Waals surface area contributed by atoms with Crippen LogP contribution in [-0.4, -0.2) is 60.3 Å². The topological polar surface area (TPSA) is 136 Å². The highest BCUT2D eigenvalue weighted by molar-refractivity contribution is 5.97. The summed E-state index contributed by atoms with van der Waals surface area (Å²) in [7, 11) is 0. The normalized spacial score (nSPS) is 14.7. The van der Waals surface area contributed by atoms with Gasteiger partial charge in [0.1, 0.15) is 0 Å². The monoisotopic (exact) mass is 487 g/mol. The van der Waals surface area contributed by atoms with Crippen LogP contribution in [0.25, 0.3) is 16.9 Å². The molecule has 0 spiro atoms. The second kappa shape index (κ2) is 10.2. The Hall–Kier alpha value is -4.12. The molecule has 3 aromatic heterocycles. The summed E-state index contributed by atoms with van der Waals surface area (Å²) in [4.78, 5) is 24.3. The average molecular weight is 488 g/mol. The van der Waals surface area contributed by atoms with E-state index >= 15 is 0 Å². The minimum Gasteiger partial charge on any atom is -0.477 e. The molecule has 1 fully saturated rings. The van der Waals surface area contributed by atoms with E-state index in [4.69, 9.17) is 10.5 Å². The molecule has 0 radical (unpaired) electrons. The van der Waals surface area contributed by atoms with Gasteiger partial charge in [-0.15, -0.1) is 15.3 Å². The second-order valence-electron chi connectivity index (χ2n) is 8.80. The van der Waals surface area contributed by atoms with Crippen LogP contribution in [0.2, 0.25) is 0 Å². The quantitative estimate of drug-likeness (QED) is 0.384. The van der Waals surface area contributed by atoms with Crippen LogP contribution >= 0.6 is 0 Å². The molecule has 5 rings (SSSR count). The van der Waals surface area contributed by atoms with E-state index in [2.05, 4.69) is 47.6 Å². The number of nitrogens with two attached hydrogens (primary N) is 1. The van der Waals surface area contributed by atoms with Crippen molar-refractivity contribution in [1.82, 2.24) is 40.0 Å². The number of anilines is 1. The molecule has 1 aliphatic heterocycles. The van der Waals surface area contributed by atoms with Crippen molar-refractivity contribution in [2.24, 2.45) is 0 Å². The minimum atomic E-state index is -0.522. The molecule has 1 amide bonds. The molecule has 0 unspecified atom stereocenters. The highest BCUT2D eigenvalue weighted by atomic mass is 16.5. The summed E-state index contributed by atoms with van der Waals surface area (Å²) in [5, 5.41) is 15.6. The van der Waals surface area contributed by atoms with Gasteiger partial charge in [-0.1, -0.05) is 24.3 Å². The predicted molar refractivity (Wildman–Crippen MR) is 134 cm³/mol. The number of carbonyl (C=O) groups excluding carboxylic acids is 1. The summed E-state index contributed by atoms with van der Waals surface area (Å²) in [5.41, 5.74) is 9.31. The summed E-state index contributed by atoms with van der Waals surface area (Å²) in [6, 6.07) is 11.1. The first-order chi connectivity index (χ1) is 17.5. The summed E-state index contributed by atoms with van der Waals surface area (Å²) in [5.74, 6) is 0.490. The summed E-state index contributed by atoms with van der Waals surface area (Å²) < 4.78 is 7.01. The van der Waals surface area contributed by atoms with Crippen molar-refractivity contribution in [2.45, 2.75) is 39.3 Å². The lowest BCUT2D eigenvalue weighted by Gasteiger charge is -2.15. The molecule has 4 heterocycles. The van der Waals surface area contributed by atoms with Gasteiger partial charge in [-0.2, -0.15) is 4.52 Å². The molecular weight excluding hydrogens is 458 g/mol. The van der Waals surface area contributed by atoms with Crippen molar-refractivity contribution >= 4 is 17.4 Å². The molecule has 0 aliphatic carbocycles. The van der Waals surface area contributed by atoms with Crippen molar-refractivity contribution in [1.29, 1.82) is 0 Å². The molecule has 186 valence electrons. The molecule has 36 heavy (non-hydrogen) atoms. The third-order valence-corrected chi connectivity index (χ3v) is 6.16. The summed E-state index contributed by atoms with van der Waals surface area (Å²) >= 11 is 0. The van der Waals surface area contributed by atoms with Gasteiger partial charge in [0.2, 0.25) is 5.88 Å². The van der Waals surface area contributed by atoms with E-state index in [1.54, 1.807) is 29.8 Å². The first-order valence-corrected chi connectivity index (χ1v) is 12.1. The van der Waals surface area contributed by atoms with Gasteiger partial charge >= 0.3 is 0 Å². The summed E-state index contributed by atoms with van der Waals surface area (Å²) in [6.45, 7) is 7.39. The zero-order valence-corrected chi connectivity index (χ0v) is 20.4. The van der Waals surface area contributed by atoms with Crippen molar-refractivity contribution in [3.05, 3.63) is 59.7 Å². The molecular formula is C25H29N9O2. The van der Waals surface area contributed by atoms with Gasteiger partial charge < -0.3 is 15.8 Å². The smallest absolute Gasteiger partial charge is 0.274 e. The van der Waals surface area contributed by atoms with E-state index in [-0.39, 0.29) is 11.5 Å². The number of rotatable bonds is 8. The average Bonchev–Trinajstić information content (AvgIpc) is 3.55. The maximum atomic E-state index is 13.1. The standard InChI is InChI=1S/C25H29N9O2/c1-3-36-21-11-10-20-30-31-24(34(20)32-21)16(2)28-25(35)22-23(26)27-14-19(29-22)18-8-6-17(7-9-18)15-33-12-4-5-13-33/h6-11,14,16H,3-5,12-13,15H2,1-2H3,(H2,26,27)(H,28,35)/t16-/m1/s1. The molecule has 1 saturated heterocycles. The first kappa shape index (κ1) is 23.6. The van der Waals surface area contributed by atoms with Crippen molar-refractivity contribution in [3.8, 4) is 17.1 Å². The van der Waals surface area contributed by atoms with Gasteiger partial charge in [0.25, 0.3) is 5.91 Å². The third kappa shape index (κ3) is 4.96. The molecule has 11 nitrogen and oxygen atoms in total. The van der Waals surface area contributed by atoms with Crippen LogP contribution in [0.5, 0.6) is 5.88 Å². The molecule has 1 atom stereocenters. The van der Waals surface area contributed by atoms with Crippen LogP contribution in [0.3, 0.4) is 0 Å². The first-order valence-electron chi connectivity index (χ1n) is 12.1. The number of nitrogens with zero attached hydrogens (tertiary/aromatic N) is 7. The SMILES string of the molecule is CCOc1ccc2nnc([C@@H](C)NC(=O)c3nc(-c4ccc(CN5CCCC5)cc4)cnc3N)n2n1. The Balaban J connectivity index is 1.32. The fraction of sp³-hybridized carbons (Fsp3) is 0.360. The fourth-order valence-electron chi connectivity index (χ4n) is 4.30. The zero-order chi connectivity index (χ0) is 25.1. The highest BCUT2D eigenvalue weighted by Gasteiger charge is 2.21. The molecule has 1 aliphatic rings. The van der Waals surface area contributed by atoms with Crippen molar-refractivity contribution in [3.63, 3.8) is 0 Å². The number of likely N-dealkylation sites (tertiary alicyclic amines) is 1. The molecule has 0 saturated carbocycles. The van der Waals surface area contributed by atoms with Crippen LogP contribution in [0.15, 0.2) is 42.6 Å². The van der Waals surface area contributed by atoms with Crippen LogP contribution in [0.4, 0.5) is 5.82 Å². The van der Waals surface area contributed by atoms with E-state index in [9.17, 15) is 4.79 Å². The number of nitrogen functional groups attached to an aromatic ring is 1. The van der Waals surface area contributed by atoms with Crippen LogP contribution in [0.1, 0.15) is 54.6 Å². The Morgan fingerprint density at radius 3 is 2.67 bits per heavy atom. The lowest BCUT2D eigenvalue weighted by molar-refractivity contribution is 0.0933. The fourth-order valence-corrected chi connectivity index (χ4v) is 4.30. The maximum Gasteiger partial charge on any atom is 0.274 e. The van der Waals surface area contributed by atoms with Crippen LogP contribution in [-0.2, 0) is 6.54 Å². The zero-order valence-electron chi connectivity index (χ0n) is 20.4. The van der Waals surface area contributed by atoms with Crippen molar-refractivity contribution in [2.75, 3.05) is 25.4 Å². The Morgan fingerprint density at radius 2 is 1.92 bits per heavy atom. The van der Waals surface area contributed by atoms with Gasteiger partial charge in [-0.3, -0.25) is 9.69 Å².